The Morgan fingerprint density at radius 1 is 0.677 bits per heavy atom. The Bertz CT molecular complexity index is 965. The molecule has 1 aliphatic rings. The zero-order valence-electron chi connectivity index (χ0n) is 17.2. The molecule has 3 aromatic carbocycles. The Balaban J connectivity index is 1.69. The van der Waals surface area contributed by atoms with Gasteiger partial charge in [0.25, 0.3) is 0 Å². The summed E-state index contributed by atoms with van der Waals surface area (Å²) < 4.78 is 5.68. The SMILES string of the molecule is OC(Cc1ccccc1)[C@H]1O[C@H](O)[C@@](O)(Cc2ccccc2)[C@@]1(O)Cc1ccccc1. The van der Waals surface area contributed by atoms with Crippen LogP contribution in [0.15, 0.2) is 91.0 Å². The molecule has 1 saturated heterocycles. The predicted molar refractivity (Wildman–Crippen MR) is 117 cm³/mol. The lowest BCUT2D eigenvalue weighted by atomic mass is 9.71. The fraction of sp³-hybridized carbons (Fsp3) is 0.308. The van der Waals surface area contributed by atoms with E-state index in [-0.39, 0.29) is 19.3 Å². The number of rotatable bonds is 7. The van der Waals surface area contributed by atoms with E-state index in [1.165, 1.54) is 0 Å². The van der Waals surface area contributed by atoms with Crippen LogP contribution in [0.3, 0.4) is 0 Å². The lowest BCUT2D eigenvalue weighted by Gasteiger charge is -2.41. The van der Waals surface area contributed by atoms with Crippen molar-refractivity contribution in [1.82, 2.24) is 0 Å². The van der Waals surface area contributed by atoms with Crippen molar-refractivity contribution in [3.05, 3.63) is 108 Å². The molecule has 1 aliphatic heterocycles. The summed E-state index contributed by atoms with van der Waals surface area (Å²) in [5.41, 5.74) is -1.54. The molecule has 31 heavy (non-hydrogen) atoms. The van der Waals surface area contributed by atoms with E-state index in [0.29, 0.717) is 0 Å². The molecule has 1 fully saturated rings. The minimum Gasteiger partial charge on any atom is -0.390 e. The standard InChI is InChI=1S/C26H28O5/c27-22(16-19-10-4-1-5-11-19)23-25(29,17-20-12-6-2-7-13-20)26(30,24(28)31-23)18-21-14-8-3-9-15-21/h1-15,22-24,27-30H,16-18H2/t22?,23-,24+,25-,26+/m1/s1. The van der Waals surface area contributed by atoms with Gasteiger partial charge in [-0.15, -0.1) is 0 Å². The Morgan fingerprint density at radius 3 is 1.58 bits per heavy atom. The summed E-state index contributed by atoms with van der Waals surface area (Å²) >= 11 is 0. The highest BCUT2D eigenvalue weighted by atomic mass is 16.7. The molecule has 0 bridgehead atoms. The fourth-order valence-corrected chi connectivity index (χ4v) is 4.50. The summed E-state index contributed by atoms with van der Waals surface area (Å²) in [6.45, 7) is 0. The van der Waals surface area contributed by atoms with Crippen LogP contribution in [-0.2, 0) is 24.0 Å². The zero-order valence-corrected chi connectivity index (χ0v) is 17.2. The van der Waals surface area contributed by atoms with Gasteiger partial charge in [-0.05, 0) is 16.7 Å². The minimum atomic E-state index is -2.01. The van der Waals surface area contributed by atoms with Crippen molar-refractivity contribution >= 4 is 0 Å². The Labute approximate surface area is 182 Å². The molecule has 1 heterocycles. The molecule has 4 N–H and O–H groups in total. The maximum Gasteiger partial charge on any atom is 0.187 e. The van der Waals surface area contributed by atoms with E-state index >= 15 is 0 Å². The van der Waals surface area contributed by atoms with Crippen molar-refractivity contribution in [3.8, 4) is 0 Å². The molecule has 5 heteroatoms. The van der Waals surface area contributed by atoms with E-state index in [1.54, 1.807) is 0 Å². The Kier molecular flexibility index (Phi) is 6.23. The smallest absolute Gasteiger partial charge is 0.187 e. The molecular formula is C26H28O5. The molecule has 0 aliphatic carbocycles. The lowest BCUT2D eigenvalue weighted by Crippen LogP contribution is -2.63. The van der Waals surface area contributed by atoms with Crippen LogP contribution in [0.4, 0.5) is 0 Å². The Morgan fingerprint density at radius 2 is 1.10 bits per heavy atom. The third-order valence-corrected chi connectivity index (χ3v) is 6.17. The zero-order chi connectivity index (χ0) is 21.9. The molecule has 162 valence electrons. The normalized spacial score (nSPS) is 29.0. The van der Waals surface area contributed by atoms with Gasteiger partial charge in [0, 0.05) is 19.3 Å². The molecule has 0 radical (unpaired) electrons. The highest BCUT2D eigenvalue weighted by molar-refractivity contribution is 5.28. The van der Waals surface area contributed by atoms with Crippen LogP contribution in [0.25, 0.3) is 0 Å². The summed E-state index contributed by atoms with van der Waals surface area (Å²) in [6, 6.07) is 27.8. The molecule has 1 unspecified atom stereocenters. The summed E-state index contributed by atoms with van der Waals surface area (Å²) in [7, 11) is 0. The van der Waals surface area contributed by atoms with Crippen molar-refractivity contribution in [1.29, 1.82) is 0 Å². The third kappa shape index (κ3) is 4.28. The van der Waals surface area contributed by atoms with Gasteiger partial charge in [-0.3, -0.25) is 0 Å². The van der Waals surface area contributed by atoms with Gasteiger partial charge in [0.15, 0.2) is 11.9 Å². The van der Waals surface area contributed by atoms with Gasteiger partial charge in [0.2, 0.25) is 0 Å². The second kappa shape index (κ2) is 8.91. The number of aliphatic hydroxyl groups excluding tert-OH is 2. The highest BCUT2D eigenvalue weighted by Gasteiger charge is 2.66. The van der Waals surface area contributed by atoms with Crippen molar-refractivity contribution in [3.63, 3.8) is 0 Å². The van der Waals surface area contributed by atoms with E-state index in [2.05, 4.69) is 0 Å². The maximum atomic E-state index is 11.9. The average molecular weight is 421 g/mol. The molecular weight excluding hydrogens is 392 g/mol. The fourth-order valence-electron chi connectivity index (χ4n) is 4.50. The second-order valence-electron chi connectivity index (χ2n) is 8.34. The third-order valence-electron chi connectivity index (χ3n) is 6.17. The first-order valence-corrected chi connectivity index (χ1v) is 10.5. The largest absolute Gasteiger partial charge is 0.390 e. The number of benzene rings is 3. The quantitative estimate of drug-likeness (QED) is 0.471. The molecule has 0 amide bonds. The molecule has 4 rings (SSSR count). The molecule has 5 atom stereocenters. The lowest BCUT2D eigenvalue weighted by molar-refractivity contribution is -0.192. The molecule has 3 aromatic rings. The topological polar surface area (TPSA) is 90.2 Å². The Hall–Kier alpha value is -2.54. The maximum absolute atomic E-state index is 11.9. The van der Waals surface area contributed by atoms with E-state index < -0.39 is 29.7 Å². The first-order chi connectivity index (χ1) is 14.9. The van der Waals surface area contributed by atoms with E-state index in [1.807, 2.05) is 91.0 Å². The molecule has 5 nitrogen and oxygen atoms in total. The van der Waals surface area contributed by atoms with E-state index in [9.17, 15) is 20.4 Å². The summed E-state index contributed by atoms with van der Waals surface area (Å²) in [6.07, 6.45) is -3.75. The predicted octanol–water partition coefficient (Wildman–Crippen LogP) is 2.25. The van der Waals surface area contributed by atoms with Gasteiger partial charge in [0.05, 0.1) is 6.10 Å². The van der Waals surface area contributed by atoms with Gasteiger partial charge >= 0.3 is 0 Å². The van der Waals surface area contributed by atoms with Crippen LogP contribution in [0.1, 0.15) is 16.7 Å². The van der Waals surface area contributed by atoms with Crippen LogP contribution in [0.5, 0.6) is 0 Å². The number of ether oxygens (including phenoxy) is 1. The number of aliphatic hydroxyl groups is 4. The van der Waals surface area contributed by atoms with E-state index in [0.717, 1.165) is 16.7 Å². The first-order valence-electron chi connectivity index (χ1n) is 10.5. The van der Waals surface area contributed by atoms with Crippen LogP contribution >= 0.6 is 0 Å². The van der Waals surface area contributed by atoms with Crippen molar-refractivity contribution in [2.75, 3.05) is 0 Å². The van der Waals surface area contributed by atoms with Gasteiger partial charge in [-0.2, -0.15) is 0 Å². The van der Waals surface area contributed by atoms with E-state index in [4.69, 9.17) is 4.74 Å². The second-order valence-corrected chi connectivity index (χ2v) is 8.34. The number of hydrogen-bond acceptors (Lipinski definition) is 5. The van der Waals surface area contributed by atoms with Crippen molar-refractivity contribution < 1.29 is 25.2 Å². The highest BCUT2D eigenvalue weighted by Crippen LogP contribution is 2.45. The minimum absolute atomic E-state index is 0.0186. The van der Waals surface area contributed by atoms with Crippen LogP contribution in [-0.4, -0.2) is 50.1 Å². The van der Waals surface area contributed by atoms with Crippen molar-refractivity contribution in [2.24, 2.45) is 0 Å². The summed E-state index contributed by atoms with van der Waals surface area (Å²) in [5.74, 6) is 0. The summed E-state index contributed by atoms with van der Waals surface area (Å²) in [4.78, 5) is 0. The molecule has 0 aromatic heterocycles. The van der Waals surface area contributed by atoms with Crippen LogP contribution < -0.4 is 0 Å². The van der Waals surface area contributed by atoms with Gasteiger partial charge in [0.1, 0.15) is 11.7 Å². The monoisotopic (exact) mass is 420 g/mol. The van der Waals surface area contributed by atoms with Crippen molar-refractivity contribution in [2.45, 2.75) is 49.0 Å². The molecule has 0 spiro atoms. The number of hydrogen-bond donors (Lipinski definition) is 4. The van der Waals surface area contributed by atoms with Crippen LogP contribution in [0, 0.1) is 0 Å². The van der Waals surface area contributed by atoms with Gasteiger partial charge < -0.3 is 25.2 Å². The molecule has 0 saturated carbocycles. The van der Waals surface area contributed by atoms with Gasteiger partial charge in [-0.25, -0.2) is 0 Å². The van der Waals surface area contributed by atoms with Gasteiger partial charge in [-0.1, -0.05) is 91.0 Å². The van der Waals surface area contributed by atoms with Crippen LogP contribution in [0.2, 0.25) is 0 Å². The first kappa shape index (κ1) is 21.7. The summed E-state index contributed by atoms with van der Waals surface area (Å²) in [5, 5.41) is 45.3. The average Bonchev–Trinajstić information content (AvgIpc) is 2.96.